The van der Waals surface area contributed by atoms with E-state index in [-0.39, 0.29) is 0 Å². The van der Waals surface area contributed by atoms with E-state index in [9.17, 15) is 0 Å². The van der Waals surface area contributed by atoms with E-state index in [0.717, 1.165) is 25.2 Å². The van der Waals surface area contributed by atoms with Crippen molar-refractivity contribution in [2.45, 2.75) is 6.54 Å². The highest BCUT2D eigenvalue weighted by Crippen LogP contribution is 2.31. The molecule has 0 unspecified atom stereocenters. The molecule has 0 saturated carbocycles. The predicted molar refractivity (Wildman–Crippen MR) is 80.9 cm³/mol. The van der Waals surface area contributed by atoms with E-state index >= 15 is 0 Å². The highest BCUT2D eigenvalue weighted by Gasteiger charge is 2.19. The van der Waals surface area contributed by atoms with Gasteiger partial charge in [-0.05, 0) is 42.9 Å². The maximum absolute atomic E-state index is 9.08. The Hall–Kier alpha value is -2.31. The molecule has 1 heterocycles. The zero-order chi connectivity index (χ0) is 13.9. The maximum atomic E-state index is 9.08. The van der Waals surface area contributed by atoms with Crippen LogP contribution in [0.15, 0.2) is 48.5 Å². The lowest BCUT2D eigenvalue weighted by Crippen LogP contribution is -2.26. The Bertz CT molecular complexity index is 643. The average molecular weight is 263 g/mol. The van der Waals surface area contributed by atoms with E-state index in [1.54, 1.807) is 0 Å². The van der Waals surface area contributed by atoms with Crippen molar-refractivity contribution >= 4 is 11.4 Å². The van der Waals surface area contributed by atoms with Crippen molar-refractivity contribution in [3.05, 3.63) is 59.7 Å². The highest BCUT2D eigenvalue weighted by molar-refractivity contribution is 5.68. The van der Waals surface area contributed by atoms with E-state index in [4.69, 9.17) is 5.26 Å². The van der Waals surface area contributed by atoms with Crippen molar-refractivity contribution < 1.29 is 0 Å². The Balaban J connectivity index is 2.08. The van der Waals surface area contributed by atoms with Crippen LogP contribution >= 0.6 is 0 Å². The first-order chi connectivity index (χ1) is 9.78. The molecular weight excluding hydrogens is 246 g/mol. The van der Waals surface area contributed by atoms with Crippen LogP contribution in [0.25, 0.3) is 0 Å². The second-order valence-corrected chi connectivity index (χ2v) is 5.18. The van der Waals surface area contributed by atoms with Gasteiger partial charge in [-0.15, -0.1) is 0 Å². The molecule has 0 amide bonds. The molecule has 0 aromatic heterocycles. The smallest absolute Gasteiger partial charge is 0.0991 e. The second kappa shape index (κ2) is 5.36. The van der Waals surface area contributed by atoms with Gasteiger partial charge in [0.25, 0.3) is 0 Å². The number of fused-ring (bicyclic) bond motifs is 1. The molecule has 3 rings (SSSR count). The third-order valence-corrected chi connectivity index (χ3v) is 3.71. The van der Waals surface area contributed by atoms with Gasteiger partial charge in [-0.25, -0.2) is 0 Å². The minimum Gasteiger partial charge on any atom is -0.340 e. The molecule has 0 bridgehead atoms. The molecule has 0 fully saturated rings. The minimum atomic E-state index is 0.729. The molecule has 1 aliphatic heterocycles. The number of likely N-dealkylation sites (N-methyl/N-ethyl adjacent to an activating group) is 1. The first-order valence-electron chi connectivity index (χ1n) is 6.82. The van der Waals surface area contributed by atoms with Crippen LogP contribution in [-0.2, 0) is 6.54 Å². The number of benzene rings is 2. The fourth-order valence-electron chi connectivity index (χ4n) is 2.68. The third-order valence-electron chi connectivity index (χ3n) is 3.71. The summed E-state index contributed by atoms with van der Waals surface area (Å²) >= 11 is 0. The summed E-state index contributed by atoms with van der Waals surface area (Å²) in [4.78, 5) is 4.63. The van der Waals surface area contributed by atoms with Crippen LogP contribution in [0.3, 0.4) is 0 Å². The van der Waals surface area contributed by atoms with Crippen molar-refractivity contribution in [1.82, 2.24) is 4.90 Å². The van der Waals surface area contributed by atoms with Gasteiger partial charge in [0.15, 0.2) is 0 Å². The molecular formula is C17H17N3. The quantitative estimate of drug-likeness (QED) is 0.791. The summed E-state index contributed by atoms with van der Waals surface area (Å²) in [6.07, 6.45) is 0. The number of nitriles is 1. The average Bonchev–Trinajstić information content (AvgIpc) is 2.65. The van der Waals surface area contributed by atoms with Crippen LogP contribution < -0.4 is 4.90 Å². The first kappa shape index (κ1) is 12.7. The molecule has 0 aliphatic carbocycles. The van der Waals surface area contributed by atoms with Crippen LogP contribution in [0.4, 0.5) is 11.4 Å². The standard InChI is InChI=1S/C17H17N3/c1-19-9-10-20(16-5-3-2-4-6-16)17-8-7-14(12-18)11-15(17)13-19/h2-8,11H,9-10,13H2,1H3. The maximum Gasteiger partial charge on any atom is 0.0991 e. The lowest BCUT2D eigenvalue weighted by atomic mass is 10.1. The van der Waals surface area contributed by atoms with Gasteiger partial charge in [0.05, 0.1) is 11.6 Å². The summed E-state index contributed by atoms with van der Waals surface area (Å²) in [5, 5.41) is 9.08. The van der Waals surface area contributed by atoms with Gasteiger partial charge in [0.1, 0.15) is 0 Å². The minimum absolute atomic E-state index is 0.729. The molecule has 3 heteroatoms. The van der Waals surface area contributed by atoms with Gasteiger partial charge in [0, 0.05) is 31.0 Å². The molecule has 0 saturated heterocycles. The highest BCUT2D eigenvalue weighted by atomic mass is 15.2. The van der Waals surface area contributed by atoms with E-state index < -0.39 is 0 Å². The SMILES string of the molecule is CN1CCN(c2ccccc2)c2ccc(C#N)cc2C1. The second-order valence-electron chi connectivity index (χ2n) is 5.18. The monoisotopic (exact) mass is 263 g/mol. The van der Waals surface area contributed by atoms with Crippen molar-refractivity contribution in [1.29, 1.82) is 5.26 Å². The Morgan fingerprint density at radius 3 is 2.60 bits per heavy atom. The van der Waals surface area contributed by atoms with Crippen molar-refractivity contribution in [3.63, 3.8) is 0 Å². The summed E-state index contributed by atoms with van der Waals surface area (Å²) in [6, 6.07) is 18.6. The summed E-state index contributed by atoms with van der Waals surface area (Å²) in [6.45, 7) is 2.85. The Kier molecular flexibility index (Phi) is 3.41. The summed E-state index contributed by atoms with van der Waals surface area (Å²) in [7, 11) is 2.12. The fourth-order valence-corrected chi connectivity index (χ4v) is 2.68. The largest absolute Gasteiger partial charge is 0.340 e. The summed E-state index contributed by atoms with van der Waals surface area (Å²) in [5.41, 5.74) is 4.35. The molecule has 3 nitrogen and oxygen atoms in total. The lowest BCUT2D eigenvalue weighted by Gasteiger charge is -2.24. The van der Waals surface area contributed by atoms with E-state index in [2.05, 4.69) is 53.2 Å². The summed E-state index contributed by atoms with van der Waals surface area (Å²) in [5.74, 6) is 0. The Labute approximate surface area is 119 Å². The summed E-state index contributed by atoms with van der Waals surface area (Å²) < 4.78 is 0. The van der Waals surface area contributed by atoms with E-state index in [1.807, 2.05) is 18.2 Å². The number of hydrogen-bond acceptors (Lipinski definition) is 3. The molecule has 0 N–H and O–H groups in total. The number of nitrogens with zero attached hydrogens (tertiary/aromatic N) is 3. The first-order valence-corrected chi connectivity index (χ1v) is 6.82. The molecule has 0 radical (unpaired) electrons. The zero-order valence-electron chi connectivity index (χ0n) is 11.6. The van der Waals surface area contributed by atoms with Gasteiger partial charge < -0.3 is 9.80 Å². The fraction of sp³-hybridized carbons (Fsp3) is 0.235. The number of rotatable bonds is 1. The van der Waals surface area contributed by atoms with Gasteiger partial charge >= 0.3 is 0 Å². The van der Waals surface area contributed by atoms with Gasteiger partial charge in [-0.3, -0.25) is 0 Å². The molecule has 20 heavy (non-hydrogen) atoms. The number of hydrogen-bond donors (Lipinski definition) is 0. The molecule has 0 spiro atoms. The Morgan fingerprint density at radius 2 is 1.85 bits per heavy atom. The van der Waals surface area contributed by atoms with Crippen LogP contribution in [-0.4, -0.2) is 25.0 Å². The molecule has 1 aliphatic rings. The topological polar surface area (TPSA) is 30.3 Å². The van der Waals surface area contributed by atoms with Gasteiger partial charge in [0.2, 0.25) is 0 Å². The molecule has 0 atom stereocenters. The zero-order valence-corrected chi connectivity index (χ0v) is 11.6. The number of anilines is 2. The van der Waals surface area contributed by atoms with Crippen LogP contribution in [0.5, 0.6) is 0 Å². The van der Waals surface area contributed by atoms with Crippen molar-refractivity contribution in [3.8, 4) is 6.07 Å². The predicted octanol–water partition coefficient (Wildman–Crippen LogP) is 3.14. The van der Waals surface area contributed by atoms with Gasteiger partial charge in [-0.1, -0.05) is 18.2 Å². The number of para-hydroxylation sites is 1. The van der Waals surface area contributed by atoms with Crippen LogP contribution in [0, 0.1) is 11.3 Å². The van der Waals surface area contributed by atoms with E-state index in [1.165, 1.54) is 16.9 Å². The van der Waals surface area contributed by atoms with Crippen molar-refractivity contribution in [2.75, 3.05) is 25.0 Å². The van der Waals surface area contributed by atoms with Gasteiger partial charge in [-0.2, -0.15) is 5.26 Å². The molecule has 100 valence electrons. The lowest BCUT2D eigenvalue weighted by molar-refractivity contribution is 0.343. The molecule has 2 aromatic rings. The molecule has 2 aromatic carbocycles. The van der Waals surface area contributed by atoms with Crippen LogP contribution in [0.2, 0.25) is 0 Å². The third kappa shape index (κ3) is 2.38. The normalized spacial score (nSPS) is 15.3. The van der Waals surface area contributed by atoms with Crippen LogP contribution in [0.1, 0.15) is 11.1 Å². The Morgan fingerprint density at radius 1 is 1.05 bits per heavy atom. The van der Waals surface area contributed by atoms with Crippen molar-refractivity contribution in [2.24, 2.45) is 0 Å². The van der Waals surface area contributed by atoms with E-state index in [0.29, 0.717) is 0 Å².